The van der Waals surface area contributed by atoms with E-state index in [-0.39, 0.29) is 11.8 Å². The minimum absolute atomic E-state index is 0.0205. The minimum atomic E-state index is -0.471. The van der Waals surface area contributed by atoms with E-state index < -0.39 is 5.41 Å². The molecule has 0 bridgehead atoms. The Labute approximate surface area is 146 Å². The third kappa shape index (κ3) is 3.15. The van der Waals surface area contributed by atoms with E-state index in [1.54, 1.807) is 0 Å². The fraction of sp³-hybridized carbons (Fsp3) is 0.263. The molecule has 0 aromatic heterocycles. The van der Waals surface area contributed by atoms with Crippen LogP contribution in [0.5, 0.6) is 0 Å². The Kier molecular flexibility index (Phi) is 4.33. The van der Waals surface area contributed by atoms with Crippen molar-refractivity contribution in [1.82, 2.24) is 0 Å². The first-order valence-corrected chi connectivity index (χ1v) is 8.25. The number of amides is 2. The summed E-state index contributed by atoms with van der Waals surface area (Å²) >= 11 is 5.94. The second-order valence-corrected chi connectivity index (χ2v) is 6.64. The lowest BCUT2D eigenvalue weighted by molar-refractivity contribution is -0.118. The zero-order chi connectivity index (χ0) is 17.3. The van der Waals surface area contributed by atoms with Crippen LogP contribution in [-0.4, -0.2) is 11.8 Å². The first kappa shape index (κ1) is 16.5. The topological polar surface area (TPSA) is 58.2 Å². The lowest BCUT2D eigenvalue weighted by atomic mass is 9.94. The van der Waals surface area contributed by atoms with Gasteiger partial charge in [-0.1, -0.05) is 29.8 Å². The summed E-state index contributed by atoms with van der Waals surface area (Å²) < 4.78 is 0. The quantitative estimate of drug-likeness (QED) is 0.871. The van der Waals surface area contributed by atoms with Gasteiger partial charge in [0.15, 0.2) is 0 Å². The second-order valence-electron chi connectivity index (χ2n) is 6.20. The number of anilines is 2. The van der Waals surface area contributed by atoms with Crippen molar-refractivity contribution in [2.24, 2.45) is 0 Å². The molecular formula is C19H19ClN2O2. The van der Waals surface area contributed by atoms with E-state index in [1.165, 1.54) is 6.92 Å². The van der Waals surface area contributed by atoms with Crippen LogP contribution in [0, 0.1) is 6.92 Å². The van der Waals surface area contributed by atoms with Crippen LogP contribution in [0.25, 0.3) is 0 Å². The maximum absolute atomic E-state index is 12.8. The number of hydrogen-bond acceptors (Lipinski definition) is 2. The molecule has 124 valence electrons. The highest BCUT2D eigenvalue weighted by atomic mass is 35.5. The van der Waals surface area contributed by atoms with Gasteiger partial charge < -0.3 is 10.6 Å². The van der Waals surface area contributed by atoms with Crippen molar-refractivity contribution in [1.29, 1.82) is 0 Å². The van der Waals surface area contributed by atoms with Gasteiger partial charge in [-0.05, 0) is 55.2 Å². The third-order valence-corrected chi connectivity index (χ3v) is 4.73. The summed E-state index contributed by atoms with van der Waals surface area (Å²) in [5.41, 5.74) is 2.78. The van der Waals surface area contributed by atoms with Gasteiger partial charge in [0.2, 0.25) is 11.8 Å². The maximum atomic E-state index is 12.8. The van der Waals surface area contributed by atoms with E-state index in [4.69, 9.17) is 11.6 Å². The molecule has 0 heterocycles. The highest BCUT2D eigenvalue weighted by molar-refractivity contribution is 6.30. The van der Waals surface area contributed by atoms with Crippen LogP contribution in [0.15, 0.2) is 42.5 Å². The lowest BCUT2D eigenvalue weighted by Gasteiger charge is -2.18. The first-order valence-electron chi connectivity index (χ1n) is 7.87. The van der Waals surface area contributed by atoms with Crippen LogP contribution in [0.3, 0.4) is 0 Å². The van der Waals surface area contributed by atoms with Crippen molar-refractivity contribution in [3.8, 4) is 0 Å². The summed E-state index contributed by atoms with van der Waals surface area (Å²) in [4.78, 5) is 24.1. The molecule has 0 radical (unpaired) electrons. The Morgan fingerprint density at radius 1 is 1.00 bits per heavy atom. The number of carbonyl (C=O) groups excluding carboxylic acids is 2. The smallest absolute Gasteiger partial charge is 0.235 e. The van der Waals surface area contributed by atoms with Crippen LogP contribution >= 0.6 is 11.6 Å². The van der Waals surface area contributed by atoms with Crippen molar-refractivity contribution >= 4 is 34.8 Å². The van der Waals surface area contributed by atoms with Gasteiger partial charge in [-0.15, -0.1) is 0 Å². The van der Waals surface area contributed by atoms with Crippen LogP contribution in [0.4, 0.5) is 11.4 Å². The Morgan fingerprint density at radius 3 is 2.12 bits per heavy atom. The molecular weight excluding hydrogens is 324 g/mol. The van der Waals surface area contributed by atoms with Crippen molar-refractivity contribution < 1.29 is 9.59 Å². The van der Waals surface area contributed by atoms with Gasteiger partial charge in [0.05, 0.1) is 5.41 Å². The molecule has 24 heavy (non-hydrogen) atoms. The zero-order valence-electron chi connectivity index (χ0n) is 13.7. The lowest BCUT2D eigenvalue weighted by Crippen LogP contribution is -2.28. The molecule has 2 amide bonds. The average molecular weight is 343 g/mol. The normalized spacial score (nSPS) is 14.8. The van der Waals surface area contributed by atoms with E-state index in [0.29, 0.717) is 16.4 Å². The molecule has 2 N–H and O–H groups in total. The van der Waals surface area contributed by atoms with Crippen molar-refractivity contribution in [3.63, 3.8) is 0 Å². The number of benzene rings is 2. The fourth-order valence-electron chi connectivity index (χ4n) is 2.88. The number of halogens is 1. The monoisotopic (exact) mass is 342 g/mol. The predicted octanol–water partition coefficient (Wildman–Crippen LogP) is 4.28. The van der Waals surface area contributed by atoms with Gasteiger partial charge in [-0.2, -0.15) is 0 Å². The van der Waals surface area contributed by atoms with Crippen molar-refractivity contribution in [2.75, 3.05) is 10.6 Å². The molecule has 2 aromatic rings. The Balaban J connectivity index is 1.83. The molecule has 3 rings (SSSR count). The average Bonchev–Trinajstić information content (AvgIpc) is 3.33. The van der Waals surface area contributed by atoms with Crippen LogP contribution in [0.2, 0.25) is 5.02 Å². The molecule has 5 heteroatoms. The summed E-state index contributed by atoms with van der Waals surface area (Å²) in [6.45, 7) is 3.34. The number of carbonyl (C=O) groups is 2. The number of hydrogen-bond donors (Lipinski definition) is 2. The highest BCUT2D eigenvalue weighted by Gasteiger charge is 2.51. The van der Waals surface area contributed by atoms with Crippen LogP contribution < -0.4 is 10.6 Å². The zero-order valence-corrected chi connectivity index (χ0v) is 14.4. The summed E-state index contributed by atoms with van der Waals surface area (Å²) in [6, 6.07) is 12.9. The van der Waals surface area contributed by atoms with Gasteiger partial charge in [-0.3, -0.25) is 9.59 Å². The Hall–Kier alpha value is -2.33. The summed E-state index contributed by atoms with van der Waals surface area (Å²) in [5, 5.41) is 6.45. The molecule has 0 saturated heterocycles. The van der Waals surface area contributed by atoms with E-state index in [0.717, 1.165) is 24.0 Å². The summed E-state index contributed by atoms with van der Waals surface area (Å²) in [5.74, 6) is -0.158. The summed E-state index contributed by atoms with van der Waals surface area (Å²) in [6.07, 6.45) is 1.65. The molecule has 1 fully saturated rings. The predicted molar refractivity (Wildman–Crippen MR) is 96.5 cm³/mol. The van der Waals surface area contributed by atoms with E-state index >= 15 is 0 Å². The fourth-order valence-corrected chi connectivity index (χ4v) is 3.00. The van der Waals surface area contributed by atoms with Gasteiger partial charge in [0.25, 0.3) is 0 Å². The maximum Gasteiger partial charge on any atom is 0.235 e. The van der Waals surface area contributed by atoms with Gasteiger partial charge in [0, 0.05) is 23.3 Å². The molecule has 1 saturated carbocycles. The number of rotatable bonds is 4. The van der Waals surface area contributed by atoms with Gasteiger partial charge in [0.1, 0.15) is 0 Å². The SMILES string of the molecule is CC(=O)Nc1cccc(NC(=O)C2(c3ccc(Cl)cc3)CC2)c1C. The summed E-state index contributed by atoms with van der Waals surface area (Å²) in [7, 11) is 0. The highest BCUT2D eigenvalue weighted by Crippen LogP contribution is 2.49. The van der Waals surface area contributed by atoms with Gasteiger partial charge in [-0.25, -0.2) is 0 Å². The van der Waals surface area contributed by atoms with E-state index in [9.17, 15) is 9.59 Å². The van der Waals surface area contributed by atoms with E-state index in [1.807, 2.05) is 49.4 Å². The molecule has 0 atom stereocenters. The van der Waals surface area contributed by atoms with Crippen LogP contribution in [0.1, 0.15) is 30.9 Å². The van der Waals surface area contributed by atoms with Crippen molar-refractivity contribution in [3.05, 3.63) is 58.6 Å². The minimum Gasteiger partial charge on any atom is -0.326 e. The Morgan fingerprint density at radius 2 is 1.58 bits per heavy atom. The van der Waals surface area contributed by atoms with Crippen LogP contribution in [-0.2, 0) is 15.0 Å². The molecule has 4 nitrogen and oxygen atoms in total. The van der Waals surface area contributed by atoms with E-state index in [2.05, 4.69) is 10.6 Å². The number of nitrogens with one attached hydrogen (secondary N) is 2. The molecule has 0 aliphatic heterocycles. The molecule has 0 unspecified atom stereocenters. The third-order valence-electron chi connectivity index (χ3n) is 4.47. The first-order chi connectivity index (χ1) is 11.4. The van der Waals surface area contributed by atoms with Crippen molar-refractivity contribution in [2.45, 2.75) is 32.1 Å². The molecule has 1 aliphatic rings. The molecule has 2 aromatic carbocycles. The Bertz CT molecular complexity index is 796. The second kappa shape index (κ2) is 6.29. The molecule has 1 aliphatic carbocycles. The molecule has 0 spiro atoms. The van der Waals surface area contributed by atoms with Gasteiger partial charge >= 0.3 is 0 Å². The largest absolute Gasteiger partial charge is 0.326 e. The standard InChI is InChI=1S/C19H19ClN2O2/c1-12-16(21-13(2)23)4-3-5-17(12)22-18(24)19(10-11-19)14-6-8-15(20)9-7-14/h3-9H,10-11H2,1-2H3,(H,21,23)(H,22,24).